The van der Waals surface area contributed by atoms with Crippen molar-refractivity contribution in [2.45, 2.75) is 9.79 Å². The van der Waals surface area contributed by atoms with Gasteiger partial charge in [-0.15, -0.1) is 0 Å². The van der Waals surface area contributed by atoms with E-state index < -0.39 is 19.9 Å². The Morgan fingerprint density at radius 2 is 1.50 bits per heavy atom. The third-order valence-corrected chi connectivity index (χ3v) is 6.73. The third-order valence-electron chi connectivity index (χ3n) is 3.87. The molecule has 3 aromatic rings. The zero-order valence-electron chi connectivity index (χ0n) is 14.1. The van der Waals surface area contributed by atoms with Gasteiger partial charge in [0, 0.05) is 13.3 Å². The first-order valence-corrected chi connectivity index (χ1v) is 10.9. The highest BCUT2D eigenvalue weighted by molar-refractivity contribution is 7.92. The number of nitrogens with zero attached hydrogens (tertiary/aromatic N) is 3. The van der Waals surface area contributed by atoms with E-state index in [1.165, 1.54) is 48.4 Å². The lowest BCUT2D eigenvalue weighted by atomic mass is 10.3. The zero-order valence-corrected chi connectivity index (χ0v) is 15.8. The lowest BCUT2D eigenvalue weighted by Gasteiger charge is -2.18. The molecule has 0 aliphatic rings. The Balaban J connectivity index is 1.92. The second-order valence-corrected chi connectivity index (χ2v) is 9.68. The summed E-state index contributed by atoms with van der Waals surface area (Å²) in [6.45, 7) is 0. The first kappa shape index (κ1) is 18.2. The Bertz CT molecular complexity index is 1120. The van der Waals surface area contributed by atoms with E-state index >= 15 is 0 Å². The summed E-state index contributed by atoms with van der Waals surface area (Å²) in [5.41, 5.74) is 1.10. The number of aromatic nitrogens is 2. The molecule has 1 aromatic heterocycles. The average Bonchev–Trinajstić information content (AvgIpc) is 3.12. The summed E-state index contributed by atoms with van der Waals surface area (Å²) in [5.74, 6) is 0. The van der Waals surface area contributed by atoms with Gasteiger partial charge in [-0.25, -0.2) is 21.5 Å². The number of hydrogen-bond donors (Lipinski definition) is 0. The van der Waals surface area contributed by atoms with Crippen molar-refractivity contribution in [3.05, 3.63) is 67.0 Å². The van der Waals surface area contributed by atoms with Gasteiger partial charge in [0.1, 0.15) is 4.90 Å². The van der Waals surface area contributed by atoms with Gasteiger partial charge in [-0.3, -0.25) is 4.31 Å². The van der Waals surface area contributed by atoms with Crippen molar-refractivity contribution >= 4 is 25.5 Å². The number of rotatable bonds is 5. The Hall–Kier alpha value is -2.65. The van der Waals surface area contributed by atoms with E-state index in [4.69, 9.17) is 0 Å². The molecule has 0 atom stereocenters. The van der Waals surface area contributed by atoms with Gasteiger partial charge in [-0.2, -0.15) is 5.10 Å². The molecule has 0 saturated carbocycles. The standard InChI is InChI=1S/C17H17N3O4S2/c1-19(14-8-10-16(11-9-14)25(2,21)22)26(23,24)17-12-18-20(13-17)15-6-4-3-5-7-15/h3-13H,1-2H3. The fourth-order valence-electron chi connectivity index (χ4n) is 2.36. The number of para-hydroxylation sites is 1. The molecule has 0 saturated heterocycles. The smallest absolute Gasteiger partial charge is 0.267 e. The first-order chi connectivity index (χ1) is 12.2. The minimum Gasteiger partial charge on any atom is -0.269 e. The summed E-state index contributed by atoms with van der Waals surface area (Å²) in [6.07, 6.45) is 3.82. The molecular weight excluding hydrogens is 374 g/mol. The maximum atomic E-state index is 12.8. The predicted molar refractivity (Wildman–Crippen MR) is 98.7 cm³/mol. The molecule has 0 radical (unpaired) electrons. The second kappa shape index (κ2) is 6.58. The van der Waals surface area contributed by atoms with Crippen molar-refractivity contribution in [3.63, 3.8) is 0 Å². The molecule has 0 spiro atoms. The van der Waals surface area contributed by atoms with Crippen molar-refractivity contribution in [1.82, 2.24) is 9.78 Å². The first-order valence-electron chi connectivity index (χ1n) is 7.59. The highest BCUT2D eigenvalue weighted by Crippen LogP contribution is 2.23. The molecule has 0 unspecified atom stereocenters. The van der Waals surface area contributed by atoms with Crippen molar-refractivity contribution in [3.8, 4) is 5.69 Å². The monoisotopic (exact) mass is 391 g/mol. The number of sulfone groups is 1. The lowest BCUT2D eigenvalue weighted by Crippen LogP contribution is -2.26. The number of sulfonamides is 1. The van der Waals surface area contributed by atoms with Crippen molar-refractivity contribution in [1.29, 1.82) is 0 Å². The lowest BCUT2D eigenvalue weighted by molar-refractivity contribution is 0.594. The maximum absolute atomic E-state index is 12.8. The molecule has 0 bridgehead atoms. The third kappa shape index (κ3) is 3.49. The summed E-state index contributed by atoms with van der Waals surface area (Å²) in [6, 6.07) is 14.8. The Labute approximate surface area is 152 Å². The molecule has 136 valence electrons. The average molecular weight is 391 g/mol. The maximum Gasteiger partial charge on any atom is 0.267 e. The Morgan fingerprint density at radius 1 is 0.885 bits per heavy atom. The van der Waals surface area contributed by atoms with E-state index in [9.17, 15) is 16.8 Å². The molecular formula is C17H17N3O4S2. The number of anilines is 1. The summed E-state index contributed by atoms with van der Waals surface area (Å²) in [7, 11) is -5.76. The van der Waals surface area contributed by atoms with Crippen molar-refractivity contribution in [2.24, 2.45) is 0 Å². The minimum atomic E-state index is -3.83. The van der Waals surface area contributed by atoms with Crippen LogP contribution in [0, 0.1) is 0 Å². The normalized spacial score (nSPS) is 12.1. The van der Waals surface area contributed by atoms with Gasteiger partial charge in [-0.05, 0) is 36.4 Å². The topological polar surface area (TPSA) is 89.3 Å². The molecule has 0 N–H and O–H groups in total. The van der Waals surface area contributed by atoms with Gasteiger partial charge in [0.05, 0.1) is 28.7 Å². The van der Waals surface area contributed by atoms with E-state index in [-0.39, 0.29) is 9.79 Å². The quantitative estimate of drug-likeness (QED) is 0.664. The minimum absolute atomic E-state index is 0.0380. The summed E-state index contributed by atoms with van der Waals surface area (Å²) in [4.78, 5) is 0.167. The fraction of sp³-hybridized carbons (Fsp3) is 0.118. The van der Waals surface area contributed by atoms with Gasteiger partial charge in [0.15, 0.2) is 9.84 Å². The van der Waals surface area contributed by atoms with Crippen molar-refractivity contribution < 1.29 is 16.8 Å². The predicted octanol–water partition coefficient (Wildman–Crippen LogP) is 2.10. The molecule has 26 heavy (non-hydrogen) atoms. The molecule has 0 aliphatic heterocycles. The van der Waals surface area contributed by atoms with Crippen LogP contribution in [0.2, 0.25) is 0 Å². The van der Waals surface area contributed by atoms with Crippen LogP contribution in [0.5, 0.6) is 0 Å². The second-order valence-electron chi connectivity index (χ2n) is 5.69. The van der Waals surface area contributed by atoms with Gasteiger partial charge in [-0.1, -0.05) is 18.2 Å². The van der Waals surface area contributed by atoms with E-state index in [0.717, 1.165) is 16.2 Å². The Morgan fingerprint density at radius 3 is 2.08 bits per heavy atom. The van der Waals surface area contributed by atoms with Crippen LogP contribution in [0.15, 0.2) is 76.8 Å². The Kier molecular flexibility index (Phi) is 4.59. The van der Waals surface area contributed by atoms with Gasteiger partial charge >= 0.3 is 0 Å². The summed E-state index contributed by atoms with van der Waals surface area (Å²) < 4.78 is 51.2. The molecule has 9 heteroatoms. The molecule has 0 amide bonds. The van der Waals surface area contributed by atoms with E-state index in [0.29, 0.717) is 5.69 Å². The molecule has 2 aromatic carbocycles. The summed E-state index contributed by atoms with van der Waals surface area (Å²) >= 11 is 0. The van der Waals surface area contributed by atoms with E-state index in [1.54, 1.807) is 0 Å². The molecule has 1 heterocycles. The largest absolute Gasteiger partial charge is 0.269 e. The van der Waals surface area contributed by atoms with Crippen LogP contribution in [0.3, 0.4) is 0 Å². The van der Waals surface area contributed by atoms with Crippen LogP contribution >= 0.6 is 0 Å². The van der Waals surface area contributed by atoms with Crippen LogP contribution in [0.4, 0.5) is 5.69 Å². The molecule has 3 rings (SSSR count). The van der Waals surface area contributed by atoms with E-state index in [2.05, 4.69) is 5.10 Å². The zero-order chi connectivity index (χ0) is 18.9. The highest BCUT2D eigenvalue weighted by Gasteiger charge is 2.23. The van der Waals surface area contributed by atoms with Crippen LogP contribution in [-0.4, -0.2) is 39.9 Å². The molecule has 0 aliphatic carbocycles. The van der Waals surface area contributed by atoms with Crippen LogP contribution in [-0.2, 0) is 19.9 Å². The van der Waals surface area contributed by atoms with Gasteiger partial charge in [0.2, 0.25) is 0 Å². The van der Waals surface area contributed by atoms with Crippen LogP contribution < -0.4 is 4.31 Å². The highest BCUT2D eigenvalue weighted by atomic mass is 32.2. The molecule has 7 nitrogen and oxygen atoms in total. The van der Waals surface area contributed by atoms with Gasteiger partial charge in [0.25, 0.3) is 10.0 Å². The molecule has 0 fully saturated rings. The van der Waals surface area contributed by atoms with Crippen molar-refractivity contribution in [2.75, 3.05) is 17.6 Å². The van der Waals surface area contributed by atoms with Gasteiger partial charge < -0.3 is 0 Å². The van der Waals surface area contributed by atoms with Crippen LogP contribution in [0.25, 0.3) is 5.69 Å². The van der Waals surface area contributed by atoms with Crippen LogP contribution in [0.1, 0.15) is 0 Å². The fourth-order valence-corrected chi connectivity index (χ4v) is 4.12. The van der Waals surface area contributed by atoms with E-state index in [1.807, 2.05) is 30.3 Å². The SMILES string of the molecule is CN(c1ccc(S(C)(=O)=O)cc1)S(=O)(=O)c1cnn(-c2ccccc2)c1. The number of benzene rings is 2. The number of hydrogen-bond acceptors (Lipinski definition) is 5. The summed E-state index contributed by atoms with van der Waals surface area (Å²) in [5, 5.41) is 4.11.